The van der Waals surface area contributed by atoms with E-state index in [0.29, 0.717) is 12.4 Å². The second-order valence-corrected chi connectivity index (χ2v) is 5.82. The van der Waals surface area contributed by atoms with Gasteiger partial charge in [0.25, 0.3) is 0 Å². The zero-order chi connectivity index (χ0) is 16.8. The maximum atomic E-state index is 11.7. The van der Waals surface area contributed by atoms with Gasteiger partial charge in [0, 0.05) is 6.42 Å². The highest BCUT2D eigenvalue weighted by atomic mass is 16.6. The molecule has 1 aromatic carbocycles. The number of carboxylic acids is 1. The van der Waals surface area contributed by atoms with Crippen LogP contribution in [-0.4, -0.2) is 35.4 Å². The SMILES string of the molecule is CCOc1cccc(C[C@H](NC(=O)OC(C)(C)C)C(=O)O)c1. The van der Waals surface area contributed by atoms with Gasteiger partial charge in [0.2, 0.25) is 0 Å². The maximum absolute atomic E-state index is 11.7. The topological polar surface area (TPSA) is 84.9 Å². The molecule has 0 aliphatic rings. The first-order valence-corrected chi connectivity index (χ1v) is 7.15. The molecule has 0 saturated heterocycles. The second-order valence-electron chi connectivity index (χ2n) is 5.82. The quantitative estimate of drug-likeness (QED) is 0.843. The van der Waals surface area contributed by atoms with E-state index in [0.717, 1.165) is 5.56 Å². The standard InChI is InChI=1S/C16H23NO5/c1-5-21-12-8-6-7-11(9-12)10-13(14(18)19)17-15(20)22-16(2,3)4/h6-9,13H,5,10H2,1-4H3,(H,17,20)(H,18,19)/t13-/m0/s1. The number of benzene rings is 1. The minimum absolute atomic E-state index is 0.148. The molecule has 1 atom stereocenters. The third kappa shape index (κ3) is 6.47. The normalized spacial score (nSPS) is 12.4. The summed E-state index contributed by atoms with van der Waals surface area (Å²) in [5.41, 5.74) is 0.0802. The average Bonchev–Trinajstić information content (AvgIpc) is 2.36. The number of carbonyl (C=O) groups excluding carboxylic acids is 1. The van der Waals surface area contributed by atoms with Gasteiger partial charge < -0.3 is 19.9 Å². The minimum atomic E-state index is -1.12. The van der Waals surface area contributed by atoms with E-state index in [1.807, 2.05) is 6.92 Å². The van der Waals surface area contributed by atoms with E-state index in [-0.39, 0.29) is 6.42 Å². The lowest BCUT2D eigenvalue weighted by Crippen LogP contribution is -2.44. The van der Waals surface area contributed by atoms with Crippen LogP contribution in [0.5, 0.6) is 5.75 Å². The molecule has 122 valence electrons. The largest absolute Gasteiger partial charge is 0.494 e. The van der Waals surface area contributed by atoms with E-state index in [9.17, 15) is 14.7 Å². The van der Waals surface area contributed by atoms with Crippen molar-refractivity contribution in [2.75, 3.05) is 6.61 Å². The Hall–Kier alpha value is -2.24. The Balaban J connectivity index is 2.74. The van der Waals surface area contributed by atoms with Gasteiger partial charge >= 0.3 is 12.1 Å². The van der Waals surface area contributed by atoms with E-state index in [1.165, 1.54) is 0 Å². The third-order valence-electron chi connectivity index (χ3n) is 2.64. The third-order valence-corrected chi connectivity index (χ3v) is 2.64. The van der Waals surface area contributed by atoms with Crippen molar-refractivity contribution in [3.63, 3.8) is 0 Å². The summed E-state index contributed by atoms with van der Waals surface area (Å²) in [7, 11) is 0. The van der Waals surface area contributed by atoms with Crippen LogP contribution in [0.2, 0.25) is 0 Å². The van der Waals surface area contributed by atoms with Crippen LogP contribution in [0.4, 0.5) is 4.79 Å². The molecule has 0 radical (unpaired) electrons. The Morgan fingerprint density at radius 2 is 2.00 bits per heavy atom. The van der Waals surface area contributed by atoms with E-state index in [2.05, 4.69) is 5.32 Å². The summed E-state index contributed by atoms with van der Waals surface area (Å²) in [6.45, 7) is 7.55. The van der Waals surface area contributed by atoms with Crippen LogP contribution in [0.1, 0.15) is 33.3 Å². The Kier molecular flexibility index (Phi) is 6.22. The van der Waals surface area contributed by atoms with Crippen LogP contribution >= 0.6 is 0 Å². The molecule has 0 unspecified atom stereocenters. The highest BCUT2D eigenvalue weighted by Gasteiger charge is 2.24. The molecule has 0 aliphatic heterocycles. The average molecular weight is 309 g/mol. The Bertz CT molecular complexity index is 522. The van der Waals surface area contributed by atoms with E-state index < -0.39 is 23.7 Å². The predicted octanol–water partition coefficient (Wildman–Crippen LogP) is 2.61. The van der Waals surface area contributed by atoms with E-state index in [1.54, 1.807) is 45.0 Å². The molecule has 0 saturated carbocycles. The first kappa shape index (κ1) is 17.8. The van der Waals surface area contributed by atoms with Crippen molar-refractivity contribution in [1.29, 1.82) is 0 Å². The fourth-order valence-corrected chi connectivity index (χ4v) is 1.81. The summed E-state index contributed by atoms with van der Waals surface area (Å²) in [5, 5.41) is 11.6. The highest BCUT2D eigenvalue weighted by Crippen LogP contribution is 2.15. The van der Waals surface area contributed by atoms with Crippen LogP contribution in [0.15, 0.2) is 24.3 Å². The van der Waals surface area contributed by atoms with Crippen LogP contribution in [0, 0.1) is 0 Å². The minimum Gasteiger partial charge on any atom is -0.494 e. The molecule has 22 heavy (non-hydrogen) atoms. The number of aliphatic carboxylic acids is 1. The molecule has 0 aliphatic carbocycles. The number of hydrogen-bond donors (Lipinski definition) is 2. The van der Waals surface area contributed by atoms with Crippen molar-refractivity contribution in [2.24, 2.45) is 0 Å². The Morgan fingerprint density at radius 3 is 2.55 bits per heavy atom. The summed E-state index contributed by atoms with van der Waals surface area (Å²) in [5.74, 6) is -0.450. The Labute approximate surface area is 130 Å². The van der Waals surface area contributed by atoms with Gasteiger partial charge in [0.1, 0.15) is 17.4 Å². The fraction of sp³-hybridized carbons (Fsp3) is 0.500. The number of ether oxygens (including phenoxy) is 2. The van der Waals surface area contributed by atoms with Gasteiger partial charge in [-0.3, -0.25) is 0 Å². The molecule has 2 N–H and O–H groups in total. The fourth-order valence-electron chi connectivity index (χ4n) is 1.81. The number of nitrogens with one attached hydrogen (secondary N) is 1. The number of carboxylic acid groups (broad SMARTS) is 1. The lowest BCUT2D eigenvalue weighted by molar-refractivity contribution is -0.139. The van der Waals surface area contributed by atoms with E-state index >= 15 is 0 Å². The zero-order valence-electron chi connectivity index (χ0n) is 13.4. The van der Waals surface area contributed by atoms with Crippen LogP contribution in [-0.2, 0) is 16.0 Å². The number of rotatable bonds is 6. The smallest absolute Gasteiger partial charge is 0.408 e. The molecule has 0 spiro atoms. The number of alkyl carbamates (subject to hydrolysis) is 1. The first-order chi connectivity index (χ1) is 10.2. The summed E-state index contributed by atoms with van der Waals surface area (Å²) >= 11 is 0. The predicted molar refractivity (Wildman–Crippen MR) is 82.1 cm³/mol. The molecule has 6 heteroatoms. The maximum Gasteiger partial charge on any atom is 0.408 e. The molecule has 0 heterocycles. The molecular weight excluding hydrogens is 286 g/mol. The van der Waals surface area contributed by atoms with Crippen molar-refractivity contribution < 1.29 is 24.2 Å². The summed E-state index contributed by atoms with van der Waals surface area (Å²) in [4.78, 5) is 23.0. The molecule has 0 aromatic heterocycles. The van der Waals surface area contributed by atoms with Gasteiger partial charge in [-0.2, -0.15) is 0 Å². The zero-order valence-corrected chi connectivity index (χ0v) is 13.4. The lowest BCUT2D eigenvalue weighted by atomic mass is 10.1. The van der Waals surface area contributed by atoms with Crippen LogP contribution in [0.25, 0.3) is 0 Å². The first-order valence-electron chi connectivity index (χ1n) is 7.15. The number of amides is 1. The molecule has 0 bridgehead atoms. The second kappa shape index (κ2) is 7.68. The van der Waals surface area contributed by atoms with Gasteiger partial charge in [-0.05, 0) is 45.4 Å². The molecule has 1 amide bonds. The van der Waals surface area contributed by atoms with Gasteiger partial charge in [-0.25, -0.2) is 9.59 Å². The van der Waals surface area contributed by atoms with Crippen LogP contribution < -0.4 is 10.1 Å². The summed E-state index contributed by atoms with van der Waals surface area (Å²) in [6.07, 6.45) is -0.601. The van der Waals surface area contributed by atoms with Gasteiger partial charge in [0.15, 0.2) is 0 Å². The van der Waals surface area contributed by atoms with Crippen molar-refractivity contribution in [3.8, 4) is 5.75 Å². The number of hydrogen-bond acceptors (Lipinski definition) is 4. The molecule has 1 aromatic rings. The Morgan fingerprint density at radius 1 is 1.32 bits per heavy atom. The molecule has 0 fully saturated rings. The van der Waals surface area contributed by atoms with Crippen molar-refractivity contribution in [1.82, 2.24) is 5.32 Å². The molecular formula is C16H23NO5. The van der Waals surface area contributed by atoms with Gasteiger partial charge in [0.05, 0.1) is 6.61 Å². The summed E-state index contributed by atoms with van der Waals surface area (Å²) < 4.78 is 10.5. The van der Waals surface area contributed by atoms with Gasteiger partial charge in [-0.15, -0.1) is 0 Å². The van der Waals surface area contributed by atoms with Crippen molar-refractivity contribution in [2.45, 2.75) is 45.8 Å². The van der Waals surface area contributed by atoms with E-state index in [4.69, 9.17) is 9.47 Å². The number of carbonyl (C=O) groups is 2. The van der Waals surface area contributed by atoms with Gasteiger partial charge in [-0.1, -0.05) is 12.1 Å². The lowest BCUT2D eigenvalue weighted by Gasteiger charge is -2.22. The molecule has 1 rings (SSSR count). The molecule has 6 nitrogen and oxygen atoms in total. The highest BCUT2D eigenvalue weighted by molar-refractivity contribution is 5.80. The monoisotopic (exact) mass is 309 g/mol. The summed E-state index contributed by atoms with van der Waals surface area (Å²) in [6, 6.07) is 6.06. The van der Waals surface area contributed by atoms with Crippen molar-refractivity contribution in [3.05, 3.63) is 29.8 Å². The van der Waals surface area contributed by atoms with Crippen molar-refractivity contribution >= 4 is 12.1 Å². The van der Waals surface area contributed by atoms with Crippen LogP contribution in [0.3, 0.4) is 0 Å².